The third kappa shape index (κ3) is 1.71. The zero-order valence-electron chi connectivity index (χ0n) is 6.44. The molecule has 0 aliphatic heterocycles. The molecule has 0 fully saturated rings. The van der Waals surface area contributed by atoms with E-state index >= 15 is 0 Å². The van der Waals surface area contributed by atoms with Crippen LogP contribution in [-0.2, 0) is 10.8 Å². The van der Waals surface area contributed by atoms with Crippen LogP contribution >= 0.6 is 0 Å². The Hall–Kier alpha value is -1.16. The molecular weight excluding hydrogens is 176 g/mol. The fourth-order valence-corrected chi connectivity index (χ4v) is 1.62. The Balaban J connectivity index is 3.27. The van der Waals surface area contributed by atoms with Gasteiger partial charge in [0.25, 0.3) is 0 Å². The summed E-state index contributed by atoms with van der Waals surface area (Å²) in [7, 11) is -1.28. The fourth-order valence-electron chi connectivity index (χ4n) is 0.886. The van der Waals surface area contributed by atoms with E-state index in [2.05, 4.69) is 0 Å². The van der Waals surface area contributed by atoms with Crippen molar-refractivity contribution < 1.29 is 14.1 Å². The molecule has 0 radical (unpaired) electrons. The average molecular weight is 183 g/mol. The first-order valence-electron chi connectivity index (χ1n) is 3.26. The minimum atomic E-state index is -1.29. The summed E-state index contributed by atoms with van der Waals surface area (Å²) in [5.41, 5.74) is -0.00154. The van der Waals surface area contributed by atoms with Gasteiger partial charge in [-0.3, -0.25) is 4.21 Å². The molecule has 0 saturated heterocycles. The molecule has 0 spiro atoms. The Morgan fingerprint density at radius 2 is 2.00 bits per heavy atom. The number of aromatic carboxylic acids is 1. The second-order valence-electron chi connectivity index (χ2n) is 2.24. The van der Waals surface area contributed by atoms with Crippen molar-refractivity contribution in [2.24, 2.45) is 0 Å². The molecule has 0 N–H and O–H groups in total. The number of carboxylic acid groups (broad SMARTS) is 1. The number of carbonyl (C=O) groups excluding carboxylic acids is 1. The lowest BCUT2D eigenvalue weighted by molar-refractivity contribution is -0.255. The van der Waals surface area contributed by atoms with Crippen LogP contribution in [0, 0.1) is 0 Å². The van der Waals surface area contributed by atoms with Crippen molar-refractivity contribution in [1.82, 2.24) is 0 Å². The van der Waals surface area contributed by atoms with Crippen molar-refractivity contribution in [3.05, 3.63) is 29.8 Å². The Kier molecular flexibility index (Phi) is 2.60. The minimum Gasteiger partial charge on any atom is -0.545 e. The molecule has 1 unspecified atom stereocenters. The van der Waals surface area contributed by atoms with Gasteiger partial charge in [0.2, 0.25) is 0 Å². The van der Waals surface area contributed by atoms with Crippen molar-refractivity contribution >= 4 is 16.8 Å². The van der Waals surface area contributed by atoms with Crippen LogP contribution in [0.4, 0.5) is 0 Å². The lowest BCUT2D eigenvalue weighted by atomic mass is 10.2. The molecule has 0 aliphatic rings. The standard InChI is InChI=1S/C8H8O3S/c1-12(11)7-5-3-2-4-6(7)8(9)10/h2-5H,1H3,(H,9,10)/p-1. The van der Waals surface area contributed by atoms with Gasteiger partial charge in [0.1, 0.15) is 0 Å². The highest BCUT2D eigenvalue weighted by Gasteiger charge is 2.04. The number of rotatable bonds is 2. The van der Waals surface area contributed by atoms with E-state index in [4.69, 9.17) is 0 Å². The fraction of sp³-hybridized carbons (Fsp3) is 0.125. The highest BCUT2D eigenvalue weighted by molar-refractivity contribution is 7.84. The molecule has 0 heterocycles. The quantitative estimate of drug-likeness (QED) is 0.637. The molecule has 1 aromatic carbocycles. The smallest absolute Gasteiger partial charge is 0.0727 e. The van der Waals surface area contributed by atoms with E-state index in [1.165, 1.54) is 18.4 Å². The summed E-state index contributed by atoms with van der Waals surface area (Å²) in [5, 5.41) is 10.5. The number of hydrogen-bond acceptors (Lipinski definition) is 3. The van der Waals surface area contributed by atoms with Gasteiger partial charge in [-0.2, -0.15) is 0 Å². The van der Waals surface area contributed by atoms with Gasteiger partial charge < -0.3 is 9.90 Å². The predicted molar refractivity (Wildman–Crippen MR) is 43.1 cm³/mol. The van der Waals surface area contributed by atoms with Gasteiger partial charge in [-0.1, -0.05) is 18.2 Å². The largest absolute Gasteiger partial charge is 0.545 e. The van der Waals surface area contributed by atoms with E-state index in [9.17, 15) is 14.1 Å². The second kappa shape index (κ2) is 3.49. The normalized spacial score (nSPS) is 12.4. The molecule has 0 aromatic heterocycles. The summed E-state index contributed by atoms with van der Waals surface area (Å²) >= 11 is 0. The number of hydrogen-bond donors (Lipinski definition) is 0. The van der Waals surface area contributed by atoms with Crippen LogP contribution in [0.25, 0.3) is 0 Å². The van der Waals surface area contributed by atoms with Gasteiger partial charge in [0.05, 0.1) is 16.8 Å². The van der Waals surface area contributed by atoms with Crippen LogP contribution in [0.15, 0.2) is 29.2 Å². The number of carboxylic acids is 1. The molecule has 0 amide bonds. The van der Waals surface area contributed by atoms with E-state index in [0.29, 0.717) is 4.90 Å². The lowest BCUT2D eigenvalue weighted by Gasteiger charge is -2.06. The minimum absolute atomic E-state index is 0.00154. The average Bonchev–Trinajstić information content (AvgIpc) is 2.04. The summed E-state index contributed by atoms with van der Waals surface area (Å²) in [4.78, 5) is 10.8. The van der Waals surface area contributed by atoms with E-state index in [1.807, 2.05) is 0 Å². The lowest BCUT2D eigenvalue weighted by Crippen LogP contribution is -2.23. The van der Waals surface area contributed by atoms with Gasteiger partial charge in [0, 0.05) is 16.7 Å². The molecule has 1 aromatic rings. The van der Waals surface area contributed by atoms with Crippen molar-refractivity contribution in [3.8, 4) is 0 Å². The summed E-state index contributed by atoms with van der Waals surface area (Å²) in [6.45, 7) is 0. The first kappa shape index (κ1) is 8.93. The summed E-state index contributed by atoms with van der Waals surface area (Å²) in [6.07, 6.45) is 1.43. The van der Waals surface area contributed by atoms with E-state index in [1.54, 1.807) is 12.1 Å². The molecule has 64 valence electrons. The highest BCUT2D eigenvalue weighted by atomic mass is 32.2. The van der Waals surface area contributed by atoms with Gasteiger partial charge >= 0.3 is 0 Å². The number of benzene rings is 1. The third-order valence-electron chi connectivity index (χ3n) is 1.42. The van der Waals surface area contributed by atoms with E-state index in [-0.39, 0.29) is 5.56 Å². The number of carbonyl (C=O) groups is 1. The molecule has 3 nitrogen and oxygen atoms in total. The summed E-state index contributed by atoms with van der Waals surface area (Å²) < 4.78 is 11.0. The van der Waals surface area contributed by atoms with Crippen LogP contribution in [0.1, 0.15) is 10.4 Å². The second-order valence-corrected chi connectivity index (χ2v) is 3.59. The molecule has 1 rings (SSSR count). The van der Waals surface area contributed by atoms with E-state index < -0.39 is 16.8 Å². The predicted octanol–water partition coefficient (Wildman–Crippen LogP) is -0.213. The van der Waals surface area contributed by atoms with Crippen LogP contribution in [0.2, 0.25) is 0 Å². The van der Waals surface area contributed by atoms with Gasteiger partial charge in [0.15, 0.2) is 0 Å². The molecular formula is C8H7O3S-. The maximum Gasteiger partial charge on any atom is 0.0727 e. The molecule has 0 bridgehead atoms. The van der Waals surface area contributed by atoms with E-state index in [0.717, 1.165) is 0 Å². The van der Waals surface area contributed by atoms with Crippen molar-refractivity contribution in [3.63, 3.8) is 0 Å². The maximum atomic E-state index is 11.0. The van der Waals surface area contributed by atoms with Crippen LogP contribution in [0.5, 0.6) is 0 Å². The van der Waals surface area contributed by atoms with Gasteiger partial charge in [-0.05, 0) is 6.07 Å². The zero-order chi connectivity index (χ0) is 9.14. The van der Waals surface area contributed by atoms with Crippen LogP contribution in [-0.4, -0.2) is 16.4 Å². The zero-order valence-corrected chi connectivity index (χ0v) is 7.26. The third-order valence-corrected chi connectivity index (χ3v) is 2.39. The Bertz CT molecular complexity index is 300. The van der Waals surface area contributed by atoms with Gasteiger partial charge in [-0.15, -0.1) is 0 Å². The monoisotopic (exact) mass is 183 g/mol. The molecule has 1 atom stereocenters. The van der Waals surface area contributed by atoms with Gasteiger partial charge in [-0.25, -0.2) is 0 Å². The Morgan fingerprint density at radius 3 is 2.42 bits per heavy atom. The molecule has 0 aliphatic carbocycles. The first-order valence-corrected chi connectivity index (χ1v) is 4.82. The van der Waals surface area contributed by atoms with Crippen molar-refractivity contribution in [1.29, 1.82) is 0 Å². The Morgan fingerprint density at radius 1 is 1.42 bits per heavy atom. The maximum absolute atomic E-state index is 11.0. The Labute approximate surface area is 72.5 Å². The first-order chi connectivity index (χ1) is 5.63. The highest BCUT2D eigenvalue weighted by Crippen LogP contribution is 2.10. The van der Waals surface area contributed by atoms with Crippen LogP contribution < -0.4 is 5.11 Å². The topological polar surface area (TPSA) is 57.2 Å². The molecule has 4 heteroatoms. The summed E-state index contributed by atoms with van der Waals surface area (Å²) in [6, 6.07) is 6.11. The van der Waals surface area contributed by atoms with Crippen LogP contribution in [0.3, 0.4) is 0 Å². The van der Waals surface area contributed by atoms with Crippen molar-refractivity contribution in [2.75, 3.05) is 6.26 Å². The summed E-state index contributed by atoms with van der Waals surface area (Å²) in [5.74, 6) is -1.29. The molecule has 0 saturated carbocycles. The SMILES string of the molecule is CS(=O)c1ccccc1C(=O)[O-]. The van der Waals surface area contributed by atoms with Crippen molar-refractivity contribution in [2.45, 2.75) is 4.90 Å². The molecule has 12 heavy (non-hydrogen) atoms.